The van der Waals surface area contributed by atoms with Crippen LogP contribution in [-0.4, -0.2) is 10.9 Å². The maximum absolute atomic E-state index is 14.5. The molecule has 1 aliphatic rings. The molecule has 0 radical (unpaired) electrons. The molecule has 0 spiro atoms. The number of fused-ring (bicyclic) bond motifs is 2. The van der Waals surface area contributed by atoms with E-state index in [4.69, 9.17) is 23.2 Å². The maximum atomic E-state index is 14.5. The lowest BCUT2D eigenvalue weighted by Crippen LogP contribution is -2.15. The van der Waals surface area contributed by atoms with Crippen molar-refractivity contribution in [2.75, 3.05) is 5.32 Å². The zero-order chi connectivity index (χ0) is 28.8. The molecule has 4 aromatic carbocycles. The Morgan fingerprint density at radius 2 is 1.39 bits per heavy atom. The molecule has 0 aliphatic carbocycles. The third-order valence-electron chi connectivity index (χ3n) is 6.27. The Labute approximate surface area is 248 Å². The largest absolute Gasteiger partial charge is 0.321 e. The van der Waals surface area contributed by atoms with Gasteiger partial charge < -0.3 is 5.32 Å². The van der Waals surface area contributed by atoms with Crippen LogP contribution in [0.4, 0.5) is 23.2 Å². The first-order valence-electron chi connectivity index (χ1n) is 11.9. The zero-order valence-corrected chi connectivity index (χ0v) is 23.7. The van der Waals surface area contributed by atoms with E-state index >= 15 is 0 Å². The number of pyridine rings is 1. The standard InChI is InChI=1S/C30H14Cl2F4N2OS2/c31-16-5-3-15(4-6-16)19-10-17(7-8-24(19)38-30(39)18-2-1-9-37-29(18)32)41-27-13-22(35)20(33)11-25(27)40-26-12-21(34)23(36)14-28(26)41/h1-14H/p+1. The third-order valence-corrected chi connectivity index (χ3v) is 10.5. The van der Waals surface area contributed by atoms with Crippen LogP contribution in [-0.2, 0) is 10.9 Å². The van der Waals surface area contributed by atoms with Gasteiger partial charge in [0.05, 0.1) is 15.4 Å². The number of hydrogen-bond donors (Lipinski definition) is 1. The van der Waals surface area contributed by atoms with Gasteiger partial charge >= 0.3 is 0 Å². The lowest BCUT2D eigenvalue weighted by molar-refractivity contribution is 0.102. The number of halogens is 6. The van der Waals surface area contributed by atoms with Crippen LogP contribution in [0.2, 0.25) is 10.2 Å². The Kier molecular flexibility index (Phi) is 7.46. The molecule has 1 amide bonds. The topological polar surface area (TPSA) is 42.0 Å². The van der Waals surface area contributed by atoms with Gasteiger partial charge in [-0.25, -0.2) is 22.5 Å². The highest BCUT2D eigenvalue weighted by atomic mass is 35.5. The number of anilines is 1. The fraction of sp³-hybridized carbons (Fsp3) is 0. The van der Waals surface area contributed by atoms with Crippen molar-refractivity contribution in [1.29, 1.82) is 0 Å². The van der Waals surface area contributed by atoms with Crippen molar-refractivity contribution >= 4 is 57.5 Å². The minimum absolute atomic E-state index is 0.0348. The van der Waals surface area contributed by atoms with E-state index in [0.717, 1.165) is 36.0 Å². The molecule has 0 saturated heterocycles. The molecule has 1 N–H and O–H groups in total. The number of rotatable bonds is 4. The first kappa shape index (κ1) is 27.7. The molecule has 1 aliphatic heterocycles. The smallest absolute Gasteiger partial charge is 0.258 e. The summed E-state index contributed by atoms with van der Waals surface area (Å²) in [6.45, 7) is 0. The molecule has 2 heterocycles. The van der Waals surface area contributed by atoms with Gasteiger partial charge in [-0.2, -0.15) is 0 Å². The van der Waals surface area contributed by atoms with E-state index in [1.165, 1.54) is 12.3 Å². The molecule has 0 saturated carbocycles. The van der Waals surface area contributed by atoms with E-state index in [0.29, 0.717) is 46.3 Å². The normalized spacial score (nSPS) is 12.5. The van der Waals surface area contributed by atoms with Gasteiger partial charge in [-0.3, -0.25) is 4.79 Å². The van der Waals surface area contributed by atoms with Crippen LogP contribution in [0.1, 0.15) is 10.4 Å². The second kappa shape index (κ2) is 11.1. The summed E-state index contributed by atoms with van der Waals surface area (Å²) in [4.78, 5) is 19.3. The van der Waals surface area contributed by atoms with E-state index in [9.17, 15) is 22.4 Å². The van der Waals surface area contributed by atoms with Crippen molar-refractivity contribution in [2.45, 2.75) is 24.5 Å². The number of amides is 1. The minimum atomic E-state index is -1.15. The molecule has 0 unspecified atom stereocenters. The summed E-state index contributed by atoms with van der Waals surface area (Å²) < 4.78 is 57.5. The Bertz CT molecular complexity index is 1800. The first-order valence-corrected chi connectivity index (χ1v) is 14.7. The highest BCUT2D eigenvalue weighted by molar-refractivity contribution is 8.04. The highest BCUT2D eigenvalue weighted by Gasteiger charge is 2.41. The molecule has 0 fully saturated rings. The van der Waals surface area contributed by atoms with Gasteiger partial charge in [-0.05, 0) is 54.1 Å². The minimum Gasteiger partial charge on any atom is -0.321 e. The average molecular weight is 630 g/mol. The fourth-order valence-corrected chi connectivity index (χ4v) is 8.47. The first-order chi connectivity index (χ1) is 19.7. The van der Waals surface area contributed by atoms with E-state index in [2.05, 4.69) is 10.3 Å². The quantitative estimate of drug-likeness (QED) is 0.120. The van der Waals surface area contributed by atoms with Gasteiger partial charge in [0, 0.05) is 40.7 Å². The van der Waals surface area contributed by atoms with Crippen LogP contribution in [0.15, 0.2) is 110 Å². The molecule has 1 aromatic heterocycles. The van der Waals surface area contributed by atoms with Gasteiger partial charge in [0.15, 0.2) is 38.0 Å². The van der Waals surface area contributed by atoms with E-state index in [1.807, 2.05) is 0 Å². The number of nitrogens with zero attached hydrogens (tertiary/aromatic N) is 1. The zero-order valence-electron chi connectivity index (χ0n) is 20.5. The number of nitrogens with one attached hydrogen (secondary N) is 1. The van der Waals surface area contributed by atoms with Gasteiger partial charge in [0.1, 0.15) is 16.0 Å². The van der Waals surface area contributed by atoms with Crippen LogP contribution in [0.25, 0.3) is 11.1 Å². The van der Waals surface area contributed by atoms with E-state index < -0.39 is 40.1 Å². The highest BCUT2D eigenvalue weighted by Crippen LogP contribution is 2.50. The Morgan fingerprint density at radius 1 is 0.780 bits per heavy atom. The predicted octanol–water partition coefficient (Wildman–Crippen LogP) is 9.42. The molecular weight excluding hydrogens is 615 g/mol. The van der Waals surface area contributed by atoms with Gasteiger partial charge in [0.2, 0.25) is 0 Å². The molecule has 41 heavy (non-hydrogen) atoms. The van der Waals surface area contributed by atoms with Crippen molar-refractivity contribution in [1.82, 2.24) is 4.98 Å². The number of benzene rings is 4. The summed E-state index contributed by atoms with van der Waals surface area (Å²) in [6.07, 6.45) is 1.47. The number of carbonyl (C=O) groups excluding carboxylic acids is 1. The Balaban J connectivity index is 1.53. The molecule has 3 nitrogen and oxygen atoms in total. The Morgan fingerprint density at radius 3 is 2.00 bits per heavy atom. The van der Waals surface area contributed by atoms with Crippen molar-refractivity contribution in [3.63, 3.8) is 0 Å². The molecule has 204 valence electrons. The second-order valence-corrected chi connectivity index (χ2v) is 12.7. The number of hydrogen-bond acceptors (Lipinski definition) is 3. The van der Waals surface area contributed by atoms with Crippen molar-refractivity contribution < 1.29 is 22.4 Å². The summed E-state index contributed by atoms with van der Waals surface area (Å²) in [5.74, 6) is -4.68. The average Bonchev–Trinajstić information content (AvgIpc) is 2.95. The third kappa shape index (κ3) is 5.30. The number of carbonyl (C=O) groups is 1. The molecular formula is C30H15Cl2F4N2OS2+. The molecule has 11 heteroatoms. The van der Waals surface area contributed by atoms with Gasteiger partial charge in [-0.1, -0.05) is 47.1 Å². The summed E-state index contributed by atoms with van der Waals surface area (Å²) in [6, 6.07) is 19.5. The van der Waals surface area contributed by atoms with Crippen LogP contribution >= 0.6 is 35.0 Å². The predicted molar refractivity (Wildman–Crippen MR) is 153 cm³/mol. The summed E-state index contributed by atoms with van der Waals surface area (Å²) in [5.41, 5.74) is 1.86. The fourth-order valence-electron chi connectivity index (χ4n) is 4.36. The van der Waals surface area contributed by atoms with Gasteiger partial charge in [-0.15, -0.1) is 0 Å². The molecule has 5 aromatic rings. The van der Waals surface area contributed by atoms with Crippen LogP contribution in [0, 0.1) is 23.3 Å². The lowest BCUT2D eigenvalue weighted by atomic mass is 10.0. The summed E-state index contributed by atoms with van der Waals surface area (Å²) in [7, 11) is -1.15. The van der Waals surface area contributed by atoms with Crippen LogP contribution in [0.5, 0.6) is 0 Å². The molecule has 6 rings (SSSR count). The SMILES string of the molecule is O=C(Nc1ccc([S+]2c3cc(F)c(F)cc3Sc3cc(F)c(F)cc32)cc1-c1ccc(Cl)cc1)c1cccnc1Cl. The van der Waals surface area contributed by atoms with E-state index in [1.54, 1.807) is 48.5 Å². The monoisotopic (exact) mass is 629 g/mol. The molecule has 0 atom stereocenters. The van der Waals surface area contributed by atoms with Crippen molar-refractivity contribution in [3.8, 4) is 11.1 Å². The second-order valence-electron chi connectivity index (χ2n) is 8.84. The molecule has 0 bridgehead atoms. The van der Waals surface area contributed by atoms with Gasteiger partial charge in [0.25, 0.3) is 5.91 Å². The summed E-state index contributed by atoms with van der Waals surface area (Å²) in [5, 5.41) is 3.40. The summed E-state index contributed by atoms with van der Waals surface area (Å²) >= 11 is 13.3. The van der Waals surface area contributed by atoms with Crippen LogP contribution in [0.3, 0.4) is 0 Å². The van der Waals surface area contributed by atoms with Crippen molar-refractivity contribution in [3.05, 3.63) is 124 Å². The maximum Gasteiger partial charge on any atom is 0.258 e. The Hall–Kier alpha value is -3.50. The van der Waals surface area contributed by atoms with Crippen LogP contribution < -0.4 is 5.32 Å². The van der Waals surface area contributed by atoms with Crippen molar-refractivity contribution in [2.24, 2.45) is 0 Å². The number of aromatic nitrogens is 1. The lowest BCUT2D eigenvalue weighted by Gasteiger charge is -2.20. The van der Waals surface area contributed by atoms with E-state index in [-0.39, 0.29) is 10.7 Å².